The molecule has 0 heteroatoms. The Labute approximate surface area is 132 Å². The van der Waals surface area contributed by atoms with Crippen LogP contribution in [0.25, 0.3) is 6.08 Å². The summed E-state index contributed by atoms with van der Waals surface area (Å²) in [5, 5.41) is 0. The van der Waals surface area contributed by atoms with E-state index in [9.17, 15) is 0 Å². The molecule has 0 amide bonds. The number of rotatable bonds is 12. The molecule has 21 heavy (non-hydrogen) atoms. The summed E-state index contributed by atoms with van der Waals surface area (Å²) in [6.07, 6.45) is 16.0. The Balaban J connectivity index is 2.05. The van der Waals surface area contributed by atoms with E-state index >= 15 is 0 Å². The zero-order chi connectivity index (χ0) is 15.3. The number of benzene rings is 1. The molecule has 1 unspecified atom stereocenters. The Bertz CT molecular complexity index is 360. The van der Waals surface area contributed by atoms with Crippen LogP contribution in [0.1, 0.15) is 95.1 Å². The van der Waals surface area contributed by atoms with Crippen LogP contribution in [-0.4, -0.2) is 0 Å². The summed E-state index contributed by atoms with van der Waals surface area (Å²) in [5.74, 6) is 0.688. The molecule has 0 radical (unpaired) electrons. The maximum atomic E-state index is 3.81. The van der Waals surface area contributed by atoms with Crippen LogP contribution >= 0.6 is 0 Å². The first-order chi connectivity index (χ1) is 10.3. The van der Waals surface area contributed by atoms with Crippen LogP contribution in [0.15, 0.2) is 30.8 Å². The molecule has 0 bridgehead atoms. The molecule has 0 heterocycles. The van der Waals surface area contributed by atoms with Gasteiger partial charge < -0.3 is 0 Å². The predicted molar refractivity (Wildman–Crippen MR) is 96.8 cm³/mol. The maximum Gasteiger partial charge on any atom is -0.0190 e. The highest BCUT2D eigenvalue weighted by Crippen LogP contribution is 2.23. The third-order valence-corrected chi connectivity index (χ3v) is 4.48. The molecule has 0 nitrogen and oxygen atoms in total. The summed E-state index contributed by atoms with van der Waals surface area (Å²) in [7, 11) is 0. The Morgan fingerprint density at radius 3 is 1.90 bits per heavy atom. The summed E-state index contributed by atoms with van der Waals surface area (Å²) in [4.78, 5) is 0. The zero-order valence-electron chi connectivity index (χ0n) is 14.2. The minimum atomic E-state index is 0.688. The van der Waals surface area contributed by atoms with Crippen LogP contribution in [0.5, 0.6) is 0 Å². The lowest BCUT2D eigenvalue weighted by molar-refractivity contribution is 0.538. The first-order valence-electron chi connectivity index (χ1n) is 9.00. The summed E-state index contributed by atoms with van der Waals surface area (Å²) >= 11 is 0. The van der Waals surface area contributed by atoms with Crippen LogP contribution < -0.4 is 0 Å². The molecule has 1 atom stereocenters. The lowest BCUT2D eigenvalue weighted by Gasteiger charge is -2.12. The molecule has 0 N–H and O–H groups in total. The van der Waals surface area contributed by atoms with Crippen LogP contribution in [0.3, 0.4) is 0 Å². The Kier molecular flexibility index (Phi) is 9.95. The first kappa shape index (κ1) is 18.0. The van der Waals surface area contributed by atoms with E-state index in [0.717, 1.165) is 0 Å². The van der Waals surface area contributed by atoms with Crippen molar-refractivity contribution < 1.29 is 0 Å². The lowest BCUT2D eigenvalue weighted by Crippen LogP contribution is -1.94. The number of unbranched alkanes of at least 4 members (excludes halogenated alkanes) is 8. The molecule has 118 valence electrons. The van der Waals surface area contributed by atoms with Gasteiger partial charge in [-0.2, -0.15) is 0 Å². The Hall–Kier alpha value is -1.04. The predicted octanol–water partition coefficient (Wildman–Crippen LogP) is 7.35. The van der Waals surface area contributed by atoms with E-state index in [-0.39, 0.29) is 0 Å². The van der Waals surface area contributed by atoms with E-state index in [1.807, 2.05) is 6.08 Å². The van der Waals surface area contributed by atoms with Gasteiger partial charge in [-0.25, -0.2) is 0 Å². The molecular weight excluding hydrogens is 252 g/mol. The number of hydrogen-bond donors (Lipinski definition) is 0. The van der Waals surface area contributed by atoms with Gasteiger partial charge in [-0.1, -0.05) is 109 Å². The van der Waals surface area contributed by atoms with Gasteiger partial charge in [0.25, 0.3) is 0 Å². The number of hydrogen-bond acceptors (Lipinski definition) is 0. The molecular formula is C21H34. The SMILES string of the molecule is C=Cc1ccc(C(C)CCCCCCCCCCC)cc1. The first-order valence-corrected chi connectivity index (χ1v) is 9.00. The average Bonchev–Trinajstić information content (AvgIpc) is 2.53. The minimum Gasteiger partial charge on any atom is -0.0985 e. The average molecular weight is 287 g/mol. The fraction of sp³-hybridized carbons (Fsp3) is 0.619. The second-order valence-corrected chi connectivity index (χ2v) is 6.39. The highest BCUT2D eigenvalue weighted by Gasteiger charge is 2.04. The van der Waals surface area contributed by atoms with Crippen molar-refractivity contribution in [1.29, 1.82) is 0 Å². The van der Waals surface area contributed by atoms with Gasteiger partial charge in [-0.05, 0) is 23.5 Å². The van der Waals surface area contributed by atoms with Gasteiger partial charge in [0.15, 0.2) is 0 Å². The lowest BCUT2D eigenvalue weighted by atomic mass is 9.94. The fourth-order valence-electron chi connectivity index (χ4n) is 2.89. The summed E-state index contributed by atoms with van der Waals surface area (Å²) in [6, 6.07) is 8.87. The van der Waals surface area contributed by atoms with Gasteiger partial charge in [-0.3, -0.25) is 0 Å². The molecule has 1 aromatic carbocycles. The second-order valence-electron chi connectivity index (χ2n) is 6.39. The van der Waals surface area contributed by atoms with Crippen molar-refractivity contribution in [3.05, 3.63) is 42.0 Å². The molecule has 1 rings (SSSR count). The molecule has 0 spiro atoms. The van der Waals surface area contributed by atoms with Gasteiger partial charge in [0.05, 0.1) is 0 Å². The third-order valence-electron chi connectivity index (χ3n) is 4.48. The molecule has 0 saturated carbocycles. The fourth-order valence-corrected chi connectivity index (χ4v) is 2.89. The van der Waals surface area contributed by atoms with Crippen molar-refractivity contribution >= 4 is 6.08 Å². The highest BCUT2D eigenvalue weighted by atomic mass is 14.1. The topological polar surface area (TPSA) is 0 Å². The smallest absolute Gasteiger partial charge is 0.0190 e. The van der Waals surface area contributed by atoms with E-state index in [1.54, 1.807) is 0 Å². The Morgan fingerprint density at radius 1 is 0.857 bits per heavy atom. The van der Waals surface area contributed by atoms with Gasteiger partial charge in [0.1, 0.15) is 0 Å². The van der Waals surface area contributed by atoms with Crippen LogP contribution in [0.2, 0.25) is 0 Å². The van der Waals surface area contributed by atoms with E-state index in [1.165, 1.54) is 75.3 Å². The van der Waals surface area contributed by atoms with Crippen molar-refractivity contribution in [2.75, 3.05) is 0 Å². The molecule has 0 aliphatic carbocycles. The van der Waals surface area contributed by atoms with Crippen molar-refractivity contribution in [3.8, 4) is 0 Å². The van der Waals surface area contributed by atoms with Gasteiger partial charge in [0.2, 0.25) is 0 Å². The van der Waals surface area contributed by atoms with Crippen molar-refractivity contribution in [2.45, 2.75) is 84.0 Å². The maximum absolute atomic E-state index is 3.81. The summed E-state index contributed by atoms with van der Waals surface area (Å²) in [5.41, 5.74) is 2.69. The van der Waals surface area contributed by atoms with E-state index in [4.69, 9.17) is 0 Å². The quantitative estimate of drug-likeness (QED) is 0.352. The van der Waals surface area contributed by atoms with E-state index in [2.05, 4.69) is 44.7 Å². The minimum absolute atomic E-state index is 0.688. The van der Waals surface area contributed by atoms with E-state index < -0.39 is 0 Å². The molecule has 0 aromatic heterocycles. The van der Waals surface area contributed by atoms with Crippen molar-refractivity contribution in [1.82, 2.24) is 0 Å². The molecule has 0 aliphatic rings. The normalized spacial score (nSPS) is 12.3. The summed E-state index contributed by atoms with van der Waals surface area (Å²) < 4.78 is 0. The van der Waals surface area contributed by atoms with Gasteiger partial charge in [-0.15, -0.1) is 0 Å². The van der Waals surface area contributed by atoms with Gasteiger partial charge >= 0.3 is 0 Å². The zero-order valence-corrected chi connectivity index (χ0v) is 14.2. The van der Waals surface area contributed by atoms with Crippen LogP contribution in [-0.2, 0) is 0 Å². The van der Waals surface area contributed by atoms with Crippen LogP contribution in [0.4, 0.5) is 0 Å². The monoisotopic (exact) mass is 286 g/mol. The second kappa shape index (κ2) is 11.6. The Morgan fingerprint density at radius 2 is 1.38 bits per heavy atom. The van der Waals surface area contributed by atoms with Crippen molar-refractivity contribution in [3.63, 3.8) is 0 Å². The molecule has 0 saturated heterocycles. The standard InChI is InChI=1S/C21H34/c1-4-6-7-8-9-10-11-12-13-14-19(3)21-17-15-20(5-2)16-18-21/h5,15-19H,2,4,6-14H2,1,3H3. The van der Waals surface area contributed by atoms with Crippen LogP contribution in [0, 0.1) is 0 Å². The molecule has 0 fully saturated rings. The highest BCUT2D eigenvalue weighted by molar-refractivity contribution is 5.47. The molecule has 1 aromatic rings. The van der Waals surface area contributed by atoms with Crippen molar-refractivity contribution in [2.24, 2.45) is 0 Å². The third kappa shape index (κ3) is 8.09. The van der Waals surface area contributed by atoms with Gasteiger partial charge in [0, 0.05) is 0 Å². The largest absolute Gasteiger partial charge is 0.0985 e. The molecule has 0 aliphatic heterocycles. The summed E-state index contributed by atoms with van der Waals surface area (Å²) in [6.45, 7) is 8.45. The van der Waals surface area contributed by atoms with E-state index in [0.29, 0.717) is 5.92 Å².